The average Bonchev–Trinajstić information content (AvgIpc) is 2.66. The Balaban J connectivity index is 1.75. The highest BCUT2D eigenvalue weighted by Gasteiger charge is 2.09. The summed E-state index contributed by atoms with van der Waals surface area (Å²) in [6.45, 7) is 0.142. The molecular formula is C20H14FN3O. The van der Waals surface area contributed by atoms with Crippen molar-refractivity contribution in [2.45, 2.75) is 6.54 Å². The number of rotatable bonds is 3. The Hall–Kier alpha value is -3.34. The van der Waals surface area contributed by atoms with Crippen molar-refractivity contribution in [3.8, 4) is 11.1 Å². The van der Waals surface area contributed by atoms with E-state index in [4.69, 9.17) is 0 Å². The van der Waals surface area contributed by atoms with E-state index >= 15 is 0 Å². The lowest BCUT2D eigenvalue weighted by Gasteiger charge is -2.11. The van der Waals surface area contributed by atoms with Gasteiger partial charge in [0.05, 0.1) is 24.5 Å². The van der Waals surface area contributed by atoms with Gasteiger partial charge in [0, 0.05) is 11.8 Å². The lowest BCUT2D eigenvalue weighted by atomic mass is 10.0. The Morgan fingerprint density at radius 3 is 2.60 bits per heavy atom. The van der Waals surface area contributed by atoms with Crippen LogP contribution in [0.15, 0.2) is 78.0 Å². The van der Waals surface area contributed by atoms with Crippen LogP contribution in [0.2, 0.25) is 0 Å². The van der Waals surface area contributed by atoms with Crippen LogP contribution in [0.1, 0.15) is 5.56 Å². The summed E-state index contributed by atoms with van der Waals surface area (Å²) < 4.78 is 16.1. The van der Waals surface area contributed by atoms with Gasteiger partial charge in [-0.1, -0.05) is 42.5 Å². The first-order valence-corrected chi connectivity index (χ1v) is 7.86. The molecule has 4 nitrogen and oxygen atoms in total. The van der Waals surface area contributed by atoms with Crippen molar-refractivity contribution >= 4 is 11.0 Å². The molecule has 0 N–H and O–H groups in total. The number of aromatic nitrogens is 3. The molecule has 0 saturated carbocycles. The largest absolute Gasteiger partial charge is 0.301 e. The molecule has 2 aromatic carbocycles. The smallest absolute Gasteiger partial charge is 0.269 e. The van der Waals surface area contributed by atoms with E-state index in [0.29, 0.717) is 16.6 Å². The Morgan fingerprint density at radius 1 is 0.960 bits per heavy atom. The summed E-state index contributed by atoms with van der Waals surface area (Å²) in [5.74, 6) is -0.340. The standard InChI is InChI=1S/C20H14FN3O/c21-17-10-15(14-4-2-1-3-5-14)6-7-16(17)13-24-19-8-9-22-11-18(19)23-12-20(24)25/h1-12H,13H2. The van der Waals surface area contributed by atoms with E-state index in [1.807, 2.05) is 36.4 Å². The van der Waals surface area contributed by atoms with E-state index in [2.05, 4.69) is 9.97 Å². The fourth-order valence-corrected chi connectivity index (χ4v) is 2.84. The summed E-state index contributed by atoms with van der Waals surface area (Å²) in [4.78, 5) is 20.3. The van der Waals surface area contributed by atoms with Crippen molar-refractivity contribution in [3.63, 3.8) is 0 Å². The second-order valence-corrected chi connectivity index (χ2v) is 5.72. The van der Waals surface area contributed by atoms with E-state index in [1.165, 1.54) is 16.8 Å². The van der Waals surface area contributed by atoms with Gasteiger partial charge in [-0.25, -0.2) is 9.37 Å². The highest BCUT2D eigenvalue weighted by molar-refractivity contribution is 5.73. The van der Waals surface area contributed by atoms with Crippen LogP contribution < -0.4 is 5.56 Å². The molecule has 4 aromatic rings. The Bertz CT molecular complexity index is 1110. The molecule has 25 heavy (non-hydrogen) atoms. The van der Waals surface area contributed by atoms with Gasteiger partial charge in [-0.2, -0.15) is 0 Å². The molecule has 122 valence electrons. The van der Waals surface area contributed by atoms with Gasteiger partial charge in [0.2, 0.25) is 0 Å². The Kier molecular flexibility index (Phi) is 3.82. The van der Waals surface area contributed by atoms with Crippen LogP contribution >= 0.6 is 0 Å². The summed E-state index contributed by atoms with van der Waals surface area (Å²) in [5, 5.41) is 0. The molecule has 0 fully saturated rings. The normalized spacial score (nSPS) is 10.9. The minimum Gasteiger partial charge on any atom is -0.301 e. The number of benzene rings is 2. The summed E-state index contributed by atoms with van der Waals surface area (Å²) >= 11 is 0. The summed E-state index contributed by atoms with van der Waals surface area (Å²) in [5.41, 5.74) is 3.16. The molecule has 0 amide bonds. The van der Waals surface area contributed by atoms with Crippen molar-refractivity contribution in [2.75, 3.05) is 0 Å². The van der Waals surface area contributed by atoms with Gasteiger partial charge in [0.25, 0.3) is 5.56 Å². The molecule has 0 aliphatic heterocycles. The number of hydrogen-bond donors (Lipinski definition) is 0. The molecule has 2 aromatic heterocycles. The first kappa shape index (κ1) is 15.2. The maximum absolute atomic E-state index is 14.6. The van der Waals surface area contributed by atoms with E-state index in [0.717, 1.165) is 11.1 Å². The molecule has 0 spiro atoms. The number of pyridine rings is 1. The first-order chi connectivity index (χ1) is 12.2. The quantitative estimate of drug-likeness (QED) is 0.576. The summed E-state index contributed by atoms with van der Waals surface area (Å²) in [6.07, 6.45) is 4.41. The lowest BCUT2D eigenvalue weighted by molar-refractivity contribution is 0.599. The van der Waals surface area contributed by atoms with E-state index < -0.39 is 0 Å². The van der Waals surface area contributed by atoms with Crippen LogP contribution in [0.25, 0.3) is 22.2 Å². The third-order valence-electron chi connectivity index (χ3n) is 4.14. The minimum absolute atomic E-state index is 0.142. The molecule has 0 aliphatic carbocycles. The molecule has 0 saturated heterocycles. The van der Waals surface area contributed by atoms with Gasteiger partial charge < -0.3 is 4.57 Å². The summed E-state index contributed by atoms with van der Waals surface area (Å²) in [6, 6.07) is 16.4. The van der Waals surface area contributed by atoms with Crippen molar-refractivity contribution in [3.05, 3.63) is 94.9 Å². The van der Waals surface area contributed by atoms with Crippen LogP contribution in [0, 0.1) is 5.82 Å². The molecule has 0 aliphatic rings. The number of halogens is 1. The average molecular weight is 331 g/mol. The third kappa shape index (κ3) is 2.92. The van der Waals surface area contributed by atoms with Crippen LogP contribution in [0.3, 0.4) is 0 Å². The maximum atomic E-state index is 14.6. The zero-order chi connectivity index (χ0) is 17.2. The molecule has 4 rings (SSSR count). The van der Waals surface area contributed by atoms with Crippen LogP contribution in [-0.2, 0) is 6.54 Å². The number of fused-ring (bicyclic) bond motifs is 1. The van der Waals surface area contributed by atoms with Crippen molar-refractivity contribution < 1.29 is 4.39 Å². The topological polar surface area (TPSA) is 47.8 Å². The Morgan fingerprint density at radius 2 is 1.80 bits per heavy atom. The van der Waals surface area contributed by atoms with Crippen LogP contribution in [0.5, 0.6) is 0 Å². The molecule has 5 heteroatoms. The minimum atomic E-state index is -0.340. The molecular weight excluding hydrogens is 317 g/mol. The SMILES string of the molecule is O=c1cnc2cnccc2n1Cc1ccc(-c2ccccc2)cc1F. The highest BCUT2D eigenvalue weighted by Crippen LogP contribution is 2.22. The fourth-order valence-electron chi connectivity index (χ4n) is 2.84. The Labute approximate surface area is 143 Å². The zero-order valence-electron chi connectivity index (χ0n) is 13.3. The fraction of sp³-hybridized carbons (Fsp3) is 0.0500. The zero-order valence-corrected chi connectivity index (χ0v) is 13.3. The predicted octanol–water partition coefficient (Wildman–Crippen LogP) is 3.65. The monoisotopic (exact) mass is 331 g/mol. The molecule has 0 unspecified atom stereocenters. The van der Waals surface area contributed by atoms with E-state index in [9.17, 15) is 9.18 Å². The van der Waals surface area contributed by atoms with Gasteiger partial charge in [0.15, 0.2) is 0 Å². The van der Waals surface area contributed by atoms with Crippen LogP contribution in [0.4, 0.5) is 4.39 Å². The predicted molar refractivity (Wildman–Crippen MR) is 94.7 cm³/mol. The van der Waals surface area contributed by atoms with E-state index in [-0.39, 0.29) is 17.9 Å². The second-order valence-electron chi connectivity index (χ2n) is 5.72. The maximum Gasteiger partial charge on any atom is 0.269 e. The number of hydrogen-bond acceptors (Lipinski definition) is 3. The number of nitrogens with zero attached hydrogens (tertiary/aromatic N) is 3. The van der Waals surface area contributed by atoms with Gasteiger partial charge in [0.1, 0.15) is 11.3 Å². The van der Waals surface area contributed by atoms with Gasteiger partial charge >= 0.3 is 0 Å². The molecule has 0 radical (unpaired) electrons. The van der Waals surface area contributed by atoms with Gasteiger partial charge in [-0.05, 0) is 23.3 Å². The van der Waals surface area contributed by atoms with Crippen molar-refractivity contribution in [2.24, 2.45) is 0 Å². The van der Waals surface area contributed by atoms with Crippen molar-refractivity contribution in [1.29, 1.82) is 0 Å². The first-order valence-electron chi connectivity index (χ1n) is 7.86. The van der Waals surface area contributed by atoms with E-state index in [1.54, 1.807) is 24.5 Å². The third-order valence-corrected chi connectivity index (χ3v) is 4.14. The van der Waals surface area contributed by atoms with Crippen LogP contribution in [-0.4, -0.2) is 14.5 Å². The van der Waals surface area contributed by atoms with Crippen molar-refractivity contribution in [1.82, 2.24) is 14.5 Å². The molecule has 2 heterocycles. The molecule has 0 atom stereocenters. The lowest BCUT2D eigenvalue weighted by Crippen LogP contribution is -2.21. The second kappa shape index (κ2) is 6.28. The van der Waals surface area contributed by atoms with Gasteiger partial charge in [-0.3, -0.25) is 9.78 Å². The highest BCUT2D eigenvalue weighted by atomic mass is 19.1. The molecule has 0 bridgehead atoms. The van der Waals surface area contributed by atoms with Gasteiger partial charge in [-0.15, -0.1) is 0 Å². The summed E-state index contributed by atoms with van der Waals surface area (Å²) in [7, 11) is 0.